The smallest absolute Gasteiger partial charge is 0.126 e. The van der Waals surface area contributed by atoms with Gasteiger partial charge in [0.25, 0.3) is 0 Å². The average Bonchev–Trinajstić information content (AvgIpc) is 2.83. The molecule has 0 aliphatic carbocycles. The van der Waals surface area contributed by atoms with E-state index in [4.69, 9.17) is 0 Å². The van der Waals surface area contributed by atoms with Gasteiger partial charge in [-0.1, -0.05) is 36.7 Å². The summed E-state index contributed by atoms with van der Waals surface area (Å²) in [6.07, 6.45) is -0.565. The van der Waals surface area contributed by atoms with Gasteiger partial charge < -0.3 is 5.11 Å². The third-order valence-corrected chi connectivity index (χ3v) is 4.71. The van der Waals surface area contributed by atoms with Gasteiger partial charge in [0.2, 0.25) is 0 Å². The molecule has 0 aliphatic heterocycles. The maximum absolute atomic E-state index is 13.7. The lowest BCUT2D eigenvalue weighted by atomic mass is 9.98. The summed E-state index contributed by atoms with van der Waals surface area (Å²) in [5.41, 5.74) is 1.06. The Balaban J connectivity index is 2.18. The fraction of sp³-hybridized carbons (Fsp3) is 0.400. The Morgan fingerprint density at radius 3 is 2.70 bits per heavy atom. The second kappa shape index (κ2) is 5.92. The molecule has 0 amide bonds. The van der Waals surface area contributed by atoms with E-state index in [1.54, 1.807) is 12.1 Å². The van der Waals surface area contributed by atoms with Crippen LogP contribution in [0.1, 0.15) is 43.1 Å². The number of hydrogen-bond donors (Lipinski definition) is 1. The molecule has 2 nitrogen and oxygen atoms in total. The molecule has 1 heterocycles. The summed E-state index contributed by atoms with van der Waals surface area (Å²) < 4.78 is 14.5. The summed E-state index contributed by atoms with van der Waals surface area (Å²) in [5.74, 6) is -0.307. The highest BCUT2D eigenvalue weighted by atomic mass is 79.9. The summed E-state index contributed by atoms with van der Waals surface area (Å²) in [5, 5.41) is 13.1. The van der Waals surface area contributed by atoms with Crippen LogP contribution in [0.15, 0.2) is 28.1 Å². The average molecular weight is 358 g/mol. The van der Waals surface area contributed by atoms with Crippen LogP contribution < -0.4 is 0 Å². The van der Waals surface area contributed by atoms with E-state index in [9.17, 15) is 9.50 Å². The molecule has 0 bridgehead atoms. The van der Waals surface area contributed by atoms with E-state index in [-0.39, 0.29) is 17.7 Å². The SMILES string of the molecule is CC(C)(C)c1nc(C(O)Cc2cc(Br)ccc2F)cs1. The summed E-state index contributed by atoms with van der Waals surface area (Å²) in [7, 11) is 0. The van der Waals surface area contributed by atoms with Gasteiger partial charge in [-0.3, -0.25) is 0 Å². The van der Waals surface area contributed by atoms with E-state index in [0.29, 0.717) is 11.3 Å². The Morgan fingerprint density at radius 2 is 2.10 bits per heavy atom. The number of rotatable bonds is 3. The lowest BCUT2D eigenvalue weighted by molar-refractivity contribution is 0.172. The van der Waals surface area contributed by atoms with Crippen molar-refractivity contribution in [2.75, 3.05) is 0 Å². The molecule has 0 aliphatic rings. The topological polar surface area (TPSA) is 33.1 Å². The molecule has 0 spiro atoms. The minimum absolute atomic E-state index is 0.0380. The number of thiazole rings is 1. The monoisotopic (exact) mass is 357 g/mol. The first-order valence-electron chi connectivity index (χ1n) is 6.35. The van der Waals surface area contributed by atoms with E-state index in [2.05, 4.69) is 41.7 Å². The third kappa shape index (κ3) is 3.65. The minimum Gasteiger partial charge on any atom is -0.386 e. The van der Waals surface area contributed by atoms with Gasteiger partial charge in [-0.05, 0) is 23.8 Å². The first-order valence-corrected chi connectivity index (χ1v) is 8.02. The number of hydrogen-bond acceptors (Lipinski definition) is 3. The van der Waals surface area contributed by atoms with Crippen molar-refractivity contribution in [1.82, 2.24) is 4.98 Å². The van der Waals surface area contributed by atoms with Crippen molar-refractivity contribution in [2.45, 2.75) is 38.7 Å². The van der Waals surface area contributed by atoms with Crippen LogP contribution in [0.25, 0.3) is 0 Å². The predicted octanol–water partition coefficient (Wildman–Crippen LogP) is 4.62. The van der Waals surface area contributed by atoms with Crippen LogP contribution >= 0.6 is 27.3 Å². The van der Waals surface area contributed by atoms with Crippen LogP contribution in [0, 0.1) is 5.82 Å². The summed E-state index contributed by atoms with van der Waals surface area (Å²) in [6, 6.07) is 4.73. The predicted molar refractivity (Wildman–Crippen MR) is 83.6 cm³/mol. The van der Waals surface area contributed by atoms with Crippen LogP contribution in [-0.2, 0) is 11.8 Å². The van der Waals surface area contributed by atoms with Gasteiger partial charge in [0.05, 0.1) is 10.7 Å². The molecule has 0 fully saturated rings. The van der Waals surface area contributed by atoms with Gasteiger partial charge in [-0.25, -0.2) is 9.37 Å². The van der Waals surface area contributed by atoms with Crippen LogP contribution in [0.4, 0.5) is 4.39 Å². The zero-order valence-electron chi connectivity index (χ0n) is 11.7. The first-order chi connectivity index (χ1) is 9.27. The van der Waals surface area contributed by atoms with Crippen LogP contribution in [0.5, 0.6) is 0 Å². The second-order valence-electron chi connectivity index (χ2n) is 5.78. The quantitative estimate of drug-likeness (QED) is 0.869. The number of benzene rings is 1. The fourth-order valence-electron chi connectivity index (χ4n) is 1.80. The van der Waals surface area contributed by atoms with Gasteiger partial charge in [0.1, 0.15) is 11.9 Å². The molecular formula is C15H17BrFNOS. The molecular weight excluding hydrogens is 341 g/mol. The molecule has 1 aromatic heterocycles. The van der Waals surface area contributed by atoms with E-state index >= 15 is 0 Å². The van der Waals surface area contributed by atoms with E-state index in [1.165, 1.54) is 17.4 Å². The molecule has 20 heavy (non-hydrogen) atoms. The molecule has 2 rings (SSSR count). The molecule has 1 atom stereocenters. The van der Waals surface area contributed by atoms with E-state index in [1.807, 2.05) is 5.38 Å². The summed E-state index contributed by atoms with van der Waals surface area (Å²) in [4.78, 5) is 4.46. The molecule has 1 aromatic carbocycles. The molecule has 1 unspecified atom stereocenters. The van der Waals surface area contributed by atoms with Crippen molar-refractivity contribution in [3.63, 3.8) is 0 Å². The minimum atomic E-state index is -0.786. The zero-order chi connectivity index (χ0) is 14.9. The van der Waals surface area contributed by atoms with E-state index < -0.39 is 6.10 Å². The normalized spacial score (nSPS) is 13.5. The zero-order valence-corrected chi connectivity index (χ0v) is 14.1. The number of aliphatic hydroxyl groups is 1. The lowest BCUT2D eigenvalue weighted by Crippen LogP contribution is -2.11. The highest BCUT2D eigenvalue weighted by Gasteiger charge is 2.21. The molecule has 2 aromatic rings. The van der Waals surface area contributed by atoms with Crippen molar-refractivity contribution in [3.8, 4) is 0 Å². The molecule has 0 radical (unpaired) electrons. The van der Waals surface area contributed by atoms with Crippen molar-refractivity contribution in [3.05, 3.63) is 50.1 Å². The second-order valence-corrected chi connectivity index (χ2v) is 7.56. The van der Waals surface area contributed by atoms with Crippen molar-refractivity contribution >= 4 is 27.3 Å². The van der Waals surface area contributed by atoms with Gasteiger partial charge in [-0.2, -0.15) is 0 Å². The van der Waals surface area contributed by atoms with E-state index in [0.717, 1.165) is 9.48 Å². The van der Waals surface area contributed by atoms with Gasteiger partial charge in [0.15, 0.2) is 0 Å². The third-order valence-electron chi connectivity index (χ3n) is 2.93. The maximum Gasteiger partial charge on any atom is 0.126 e. The highest BCUT2D eigenvalue weighted by molar-refractivity contribution is 9.10. The largest absolute Gasteiger partial charge is 0.386 e. The van der Waals surface area contributed by atoms with Crippen molar-refractivity contribution in [2.24, 2.45) is 0 Å². The number of halogens is 2. The van der Waals surface area contributed by atoms with Crippen molar-refractivity contribution < 1.29 is 9.50 Å². The van der Waals surface area contributed by atoms with Gasteiger partial charge in [-0.15, -0.1) is 11.3 Å². The number of aliphatic hydroxyl groups excluding tert-OH is 1. The van der Waals surface area contributed by atoms with Crippen LogP contribution in [0.2, 0.25) is 0 Å². The molecule has 0 saturated carbocycles. The fourth-order valence-corrected chi connectivity index (χ4v) is 3.16. The number of nitrogens with zero attached hydrogens (tertiary/aromatic N) is 1. The summed E-state index contributed by atoms with van der Waals surface area (Å²) in [6.45, 7) is 6.24. The highest BCUT2D eigenvalue weighted by Crippen LogP contribution is 2.29. The maximum atomic E-state index is 13.7. The summed E-state index contributed by atoms with van der Waals surface area (Å²) >= 11 is 4.84. The molecule has 5 heteroatoms. The van der Waals surface area contributed by atoms with Crippen LogP contribution in [-0.4, -0.2) is 10.1 Å². The standard InChI is InChI=1S/C15H17BrFNOS/c1-15(2,3)14-18-12(8-20-14)13(19)7-9-6-10(16)4-5-11(9)17/h4-6,8,13,19H,7H2,1-3H3. The Labute approximate surface area is 130 Å². The molecule has 0 saturated heterocycles. The Kier molecular flexibility index (Phi) is 4.62. The van der Waals surface area contributed by atoms with Gasteiger partial charge >= 0.3 is 0 Å². The Bertz CT molecular complexity index is 606. The molecule has 108 valence electrons. The van der Waals surface area contributed by atoms with Crippen LogP contribution in [0.3, 0.4) is 0 Å². The Morgan fingerprint density at radius 1 is 1.40 bits per heavy atom. The first kappa shape index (κ1) is 15.6. The number of aromatic nitrogens is 1. The van der Waals surface area contributed by atoms with Gasteiger partial charge in [0, 0.05) is 21.7 Å². The van der Waals surface area contributed by atoms with Crippen molar-refractivity contribution in [1.29, 1.82) is 0 Å². The lowest BCUT2D eigenvalue weighted by Gasteiger charge is -2.14. The Hall–Kier alpha value is -0.780. The molecule has 1 N–H and O–H groups in total.